The molecule has 0 aliphatic heterocycles. The van der Waals surface area contributed by atoms with Crippen LogP contribution >= 0.6 is 0 Å². The smallest absolute Gasteiger partial charge is 0.245 e. The molecule has 1 aromatic heterocycles. The Labute approximate surface area is 153 Å². The molecule has 26 heavy (non-hydrogen) atoms. The van der Waals surface area contributed by atoms with Crippen molar-refractivity contribution in [1.82, 2.24) is 14.7 Å². The molecule has 0 unspecified atom stereocenters. The highest BCUT2D eigenvalue weighted by Gasteiger charge is 2.22. The van der Waals surface area contributed by atoms with Gasteiger partial charge >= 0.3 is 0 Å². The number of hydrogen-bond donors (Lipinski definition) is 1. The zero-order chi connectivity index (χ0) is 19.5. The number of rotatable bonds is 5. The van der Waals surface area contributed by atoms with Crippen LogP contribution in [0, 0.1) is 0 Å². The summed E-state index contributed by atoms with van der Waals surface area (Å²) in [5, 5.41) is 7.51. The predicted octanol–water partition coefficient (Wildman–Crippen LogP) is 2.60. The molecule has 7 heteroatoms. The van der Waals surface area contributed by atoms with E-state index in [-0.39, 0.29) is 23.8 Å². The molecular weight excluding hydrogens is 332 g/mol. The van der Waals surface area contributed by atoms with Crippen molar-refractivity contribution in [3.05, 3.63) is 36.0 Å². The molecule has 0 saturated carbocycles. The number of nitrogens with zero attached hydrogens (tertiary/aromatic N) is 3. The van der Waals surface area contributed by atoms with E-state index in [0.717, 1.165) is 17.1 Å². The summed E-state index contributed by atoms with van der Waals surface area (Å²) in [7, 11) is 3.20. The van der Waals surface area contributed by atoms with Crippen LogP contribution in [0.4, 0.5) is 5.82 Å². The lowest BCUT2D eigenvalue weighted by molar-refractivity contribution is -0.131. The van der Waals surface area contributed by atoms with Crippen LogP contribution in [-0.2, 0) is 15.0 Å². The van der Waals surface area contributed by atoms with Crippen molar-refractivity contribution in [1.29, 1.82) is 0 Å². The maximum Gasteiger partial charge on any atom is 0.245 e. The number of hydrogen-bond acceptors (Lipinski definition) is 4. The van der Waals surface area contributed by atoms with Crippen molar-refractivity contribution in [2.75, 3.05) is 26.0 Å². The highest BCUT2D eigenvalue weighted by atomic mass is 16.5. The maximum atomic E-state index is 12.3. The average Bonchev–Trinajstić information content (AvgIpc) is 2.98. The highest BCUT2D eigenvalue weighted by molar-refractivity contribution is 5.93. The van der Waals surface area contributed by atoms with Gasteiger partial charge in [0.1, 0.15) is 11.6 Å². The van der Waals surface area contributed by atoms with Crippen LogP contribution in [0.3, 0.4) is 0 Å². The summed E-state index contributed by atoms with van der Waals surface area (Å²) < 4.78 is 6.87. The number of carbonyl (C=O) groups excluding carboxylic acids is 2. The highest BCUT2D eigenvalue weighted by Crippen LogP contribution is 2.27. The first-order valence-electron chi connectivity index (χ1n) is 8.38. The van der Waals surface area contributed by atoms with Gasteiger partial charge in [0.2, 0.25) is 11.8 Å². The molecule has 1 N–H and O–H groups in total. The molecule has 0 saturated heterocycles. The van der Waals surface area contributed by atoms with Gasteiger partial charge < -0.3 is 15.0 Å². The molecule has 0 aliphatic carbocycles. The van der Waals surface area contributed by atoms with E-state index in [1.807, 2.05) is 30.3 Å². The standard InChI is InChI=1S/C19H26N4O3/c1-13(24)22(5)12-18(25)20-17-11-16(19(2,3)4)21-23(17)14-7-9-15(26-6)10-8-14/h7-11H,12H2,1-6H3,(H,20,25). The minimum absolute atomic E-state index is 0.0199. The van der Waals surface area contributed by atoms with E-state index in [1.165, 1.54) is 11.8 Å². The molecule has 140 valence electrons. The lowest BCUT2D eigenvalue weighted by atomic mass is 9.92. The second-order valence-corrected chi connectivity index (χ2v) is 7.20. The Bertz CT molecular complexity index is 788. The Morgan fingerprint density at radius 2 is 1.85 bits per heavy atom. The monoisotopic (exact) mass is 358 g/mol. The Morgan fingerprint density at radius 3 is 2.35 bits per heavy atom. The van der Waals surface area contributed by atoms with Gasteiger partial charge in [0.15, 0.2) is 0 Å². The van der Waals surface area contributed by atoms with E-state index < -0.39 is 0 Å². The van der Waals surface area contributed by atoms with E-state index >= 15 is 0 Å². The maximum absolute atomic E-state index is 12.3. The van der Waals surface area contributed by atoms with E-state index in [4.69, 9.17) is 4.74 Å². The summed E-state index contributed by atoms with van der Waals surface area (Å²) in [5.74, 6) is 0.852. The summed E-state index contributed by atoms with van der Waals surface area (Å²) in [6, 6.07) is 9.27. The summed E-state index contributed by atoms with van der Waals surface area (Å²) in [6.45, 7) is 7.58. The van der Waals surface area contributed by atoms with Gasteiger partial charge in [-0.15, -0.1) is 0 Å². The molecule has 7 nitrogen and oxygen atoms in total. The van der Waals surface area contributed by atoms with Gasteiger partial charge in [0.25, 0.3) is 0 Å². The quantitative estimate of drug-likeness (QED) is 0.891. The zero-order valence-electron chi connectivity index (χ0n) is 16.2. The number of carbonyl (C=O) groups is 2. The molecule has 1 aromatic carbocycles. The van der Waals surface area contributed by atoms with Crippen LogP contribution in [-0.4, -0.2) is 47.2 Å². The summed E-state index contributed by atoms with van der Waals surface area (Å²) >= 11 is 0. The Morgan fingerprint density at radius 1 is 1.23 bits per heavy atom. The average molecular weight is 358 g/mol. The van der Waals surface area contributed by atoms with Crippen LogP contribution < -0.4 is 10.1 Å². The van der Waals surface area contributed by atoms with E-state index in [1.54, 1.807) is 18.8 Å². The van der Waals surface area contributed by atoms with Crippen LogP contribution in [0.2, 0.25) is 0 Å². The molecule has 2 rings (SSSR count). The number of benzene rings is 1. The second kappa shape index (κ2) is 7.59. The van der Waals surface area contributed by atoms with Gasteiger partial charge in [-0.2, -0.15) is 5.10 Å². The van der Waals surface area contributed by atoms with Crippen molar-refractivity contribution < 1.29 is 14.3 Å². The van der Waals surface area contributed by atoms with Crippen molar-refractivity contribution in [2.45, 2.75) is 33.1 Å². The predicted molar refractivity (Wildman–Crippen MR) is 101 cm³/mol. The van der Waals surface area contributed by atoms with Gasteiger partial charge in [-0.25, -0.2) is 4.68 Å². The van der Waals surface area contributed by atoms with Crippen LogP contribution in [0.15, 0.2) is 30.3 Å². The lowest BCUT2D eigenvalue weighted by Crippen LogP contribution is -2.33. The van der Waals surface area contributed by atoms with Gasteiger partial charge in [0, 0.05) is 25.5 Å². The molecule has 0 atom stereocenters. The number of likely N-dealkylation sites (N-methyl/N-ethyl adjacent to an activating group) is 1. The van der Waals surface area contributed by atoms with Gasteiger partial charge in [-0.05, 0) is 24.3 Å². The summed E-state index contributed by atoms with van der Waals surface area (Å²) in [4.78, 5) is 25.0. The molecule has 0 fully saturated rings. The number of ether oxygens (including phenoxy) is 1. The van der Waals surface area contributed by atoms with Crippen molar-refractivity contribution >= 4 is 17.6 Å². The van der Waals surface area contributed by atoms with Crippen LogP contribution in [0.5, 0.6) is 5.75 Å². The van der Waals surface area contributed by atoms with Crippen LogP contribution in [0.1, 0.15) is 33.4 Å². The molecule has 0 spiro atoms. The molecule has 0 aliphatic rings. The number of methoxy groups -OCH3 is 1. The third kappa shape index (κ3) is 4.62. The largest absolute Gasteiger partial charge is 0.497 e. The van der Waals surface area contributed by atoms with Gasteiger partial charge in [-0.3, -0.25) is 9.59 Å². The topological polar surface area (TPSA) is 76.5 Å². The van der Waals surface area contributed by atoms with Crippen LogP contribution in [0.25, 0.3) is 5.69 Å². The third-order valence-corrected chi connectivity index (χ3v) is 3.98. The SMILES string of the molecule is COc1ccc(-n2nc(C(C)(C)C)cc2NC(=O)CN(C)C(C)=O)cc1. The van der Waals surface area contributed by atoms with E-state index in [2.05, 4.69) is 31.2 Å². The third-order valence-electron chi connectivity index (χ3n) is 3.98. The number of amides is 2. The van der Waals surface area contributed by atoms with E-state index in [0.29, 0.717) is 5.82 Å². The number of nitrogens with one attached hydrogen (secondary N) is 1. The molecular formula is C19H26N4O3. The second-order valence-electron chi connectivity index (χ2n) is 7.20. The van der Waals surface area contributed by atoms with Gasteiger partial charge in [-0.1, -0.05) is 20.8 Å². The molecule has 1 heterocycles. The molecule has 0 radical (unpaired) electrons. The summed E-state index contributed by atoms with van der Waals surface area (Å²) in [5.41, 5.74) is 1.48. The summed E-state index contributed by atoms with van der Waals surface area (Å²) in [6.07, 6.45) is 0. The Kier molecular flexibility index (Phi) is 5.69. The van der Waals surface area contributed by atoms with Crippen molar-refractivity contribution in [3.8, 4) is 11.4 Å². The van der Waals surface area contributed by atoms with Crippen molar-refractivity contribution in [2.24, 2.45) is 0 Å². The fourth-order valence-electron chi connectivity index (χ4n) is 2.27. The molecule has 0 bridgehead atoms. The first-order valence-corrected chi connectivity index (χ1v) is 8.38. The van der Waals surface area contributed by atoms with E-state index in [9.17, 15) is 9.59 Å². The molecule has 2 amide bonds. The normalized spacial score (nSPS) is 11.2. The molecule has 2 aromatic rings. The fourth-order valence-corrected chi connectivity index (χ4v) is 2.27. The Balaban J connectivity index is 2.35. The number of aromatic nitrogens is 2. The fraction of sp³-hybridized carbons (Fsp3) is 0.421. The first kappa shape index (κ1) is 19.5. The van der Waals surface area contributed by atoms with Crippen molar-refractivity contribution in [3.63, 3.8) is 0 Å². The lowest BCUT2D eigenvalue weighted by Gasteiger charge is -2.15. The minimum atomic E-state index is -0.280. The number of anilines is 1. The Hall–Kier alpha value is -2.83. The first-order chi connectivity index (χ1) is 12.1. The van der Waals surface area contributed by atoms with Gasteiger partial charge in [0.05, 0.1) is 25.0 Å². The minimum Gasteiger partial charge on any atom is -0.497 e. The zero-order valence-corrected chi connectivity index (χ0v) is 16.2.